The predicted octanol–water partition coefficient (Wildman–Crippen LogP) is 2.13. The Balaban J connectivity index is 1.95. The van der Waals surface area contributed by atoms with Gasteiger partial charge in [-0.15, -0.1) is 0 Å². The summed E-state index contributed by atoms with van der Waals surface area (Å²) in [5.74, 6) is 0.656. The summed E-state index contributed by atoms with van der Waals surface area (Å²) in [6, 6.07) is 6.72. The predicted molar refractivity (Wildman–Crippen MR) is 110 cm³/mol. The van der Waals surface area contributed by atoms with Gasteiger partial charge in [-0.05, 0) is 39.3 Å². The molecule has 0 spiro atoms. The minimum atomic E-state index is -3.08. The van der Waals surface area contributed by atoms with Crippen LogP contribution in [0.15, 0.2) is 29.3 Å². The molecule has 6 nitrogen and oxygen atoms in total. The molecule has 1 aliphatic rings. The summed E-state index contributed by atoms with van der Waals surface area (Å²) < 4.78 is 37.4. The topological polar surface area (TPSA) is 65.0 Å². The van der Waals surface area contributed by atoms with E-state index >= 15 is 0 Å². The highest BCUT2D eigenvalue weighted by molar-refractivity contribution is 7.92. The Morgan fingerprint density at radius 3 is 2.70 bits per heavy atom. The quantitative estimate of drug-likeness (QED) is 0.452. The third-order valence-corrected chi connectivity index (χ3v) is 7.39. The first-order valence-electron chi connectivity index (χ1n) is 9.39. The Hall–Kier alpha value is -1.83. The van der Waals surface area contributed by atoms with Gasteiger partial charge in [0.05, 0.1) is 16.2 Å². The standard InChI is InChI=1S/C19H31FN4O2S/c1-5-21-18(24-13-14-27(25,26)19(2,3)15-24)22-11-8-12-23(4)17-10-7-6-9-16(17)20/h6-7,9-10H,5,8,11-15H2,1-4H3,(H,21,22). The lowest BCUT2D eigenvalue weighted by Crippen LogP contribution is -2.57. The number of halogens is 1. The van der Waals surface area contributed by atoms with Crippen molar-refractivity contribution in [2.45, 2.75) is 31.9 Å². The van der Waals surface area contributed by atoms with Crippen molar-refractivity contribution in [3.8, 4) is 0 Å². The van der Waals surface area contributed by atoms with Gasteiger partial charge in [-0.3, -0.25) is 4.99 Å². The summed E-state index contributed by atoms with van der Waals surface area (Å²) >= 11 is 0. The summed E-state index contributed by atoms with van der Waals surface area (Å²) in [6.07, 6.45) is 0.773. The number of nitrogens with one attached hydrogen (secondary N) is 1. The number of guanidine groups is 1. The molecule has 0 saturated carbocycles. The molecule has 1 aliphatic heterocycles. The van der Waals surface area contributed by atoms with Crippen LogP contribution in [-0.2, 0) is 9.84 Å². The van der Waals surface area contributed by atoms with E-state index < -0.39 is 14.6 Å². The molecule has 1 heterocycles. The smallest absolute Gasteiger partial charge is 0.193 e. The molecule has 1 aromatic rings. The molecule has 1 fully saturated rings. The van der Waals surface area contributed by atoms with E-state index in [1.165, 1.54) is 6.07 Å². The molecule has 0 atom stereocenters. The second-order valence-corrected chi connectivity index (χ2v) is 10.2. The van der Waals surface area contributed by atoms with Gasteiger partial charge in [0.15, 0.2) is 15.8 Å². The van der Waals surface area contributed by atoms with Gasteiger partial charge < -0.3 is 15.1 Å². The highest BCUT2D eigenvalue weighted by Gasteiger charge is 2.40. The van der Waals surface area contributed by atoms with Crippen molar-refractivity contribution in [2.24, 2.45) is 4.99 Å². The maximum atomic E-state index is 13.8. The number of rotatable bonds is 6. The lowest BCUT2D eigenvalue weighted by Gasteiger charge is -2.39. The molecule has 0 bridgehead atoms. The first-order valence-corrected chi connectivity index (χ1v) is 11.0. The van der Waals surface area contributed by atoms with E-state index in [2.05, 4.69) is 10.3 Å². The summed E-state index contributed by atoms with van der Waals surface area (Å²) in [7, 11) is -1.21. The van der Waals surface area contributed by atoms with Crippen LogP contribution in [0.2, 0.25) is 0 Å². The molecule has 1 aromatic carbocycles. The Kier molecular flexibility index (Phi) is 7.08. The van der Waals surface area contributed by atoms with Crippen molar-refractivity contribution in [1.29, 1.82) is 0 Å². The van der Waals surface area contributed by atoms with Crippen LogP contribution < -0.4 is 10.2 Å². The minimum absolute atomic E-state index is 0.139. The number of sulfone groups is 1. The van der Waals surface area contributed by atoms with Crippen LogP contribution in [-0.4, -0.2) is 69.5 Å². The van der Waals surface area contributed by atoms with E-state index in [0.717, 1.165) is 18.9 Å². The van der Waals surface area contributed by atoms with Crippen LogP contribution in [0.1, 0.15) is 27.2 Å². The molecule has 2 rings (SSSR count). The maximum absolute atomic E-state index is 13.8. The van der Waals surface area contributed by atoms with Crippen LogP contribution in [0, 0.1) is 5.82 Å². The molecule has 27 heavy (non-hydrogen) atoms. The van der Waals surface area contributed by atoms with Gasteiger partial charge in [-0.1, -0.05) is 12.1 Å². The van der Waals surface area contributed by atoms with Crippen LogP contribution in [0.4, 0.5) is 10.1 Å². The third-order valence-electron chi connectivity index (χ3n) is 4.85. The molecular formula is C19H31FN4O2S. The van der Waals surface area contributed by atoms with Crippen LogP contribution in [0.3, 0.4) is 0 Å². The van der Waals surface area contributed by atoms with Crippen molar-refractivity contribution in [1.82, 2.24) is 10.2 Å². The number of nitrogens with zero attached hydrogens (tertiary/aromatic N) is 3. The van der Waals surface area contributed by atoms with Crippen molar-refractivity contribution in [2.75, 3.05) is 50.4 Å². The van der Waals surface area contributed by atoms with Gasteiger partial charge in [0.2, 0.25) is 0 Å². The first-order chi connectivity index (χ1) is 12.7. The summed E-state index contributed by atoms with van der Waals surface area (Å²) in [4.78, 5) is 8.56. The van der Waals surface area contributed by atoms with Crippen molar-refractivity contribution in [3.05, 3.63) is 30.1 Å². The van der Waals surface area contributed by atoms with Gasteiger partial charge in [0, 0.05) is 39.8 Å². The minimum Gasteiger partial charge on any atom is -0.372 e. The fourth-order valence-electron chi connectivity index (χ4n) is 3.12. The van der Waals surface area contributed by atoms with Crippen LogP contribution in [0.25, 0.3) is 0 Å². The highest BCUT2D eigenvalue weighted by atomic mass is 32.2. The molecule has 0 aliphatic carbocycles. The Morgan fingerprint density at radius 2 is 2.07 bits per heavy atom. The van der Waals surface area contributed by atoms with Gasteiger partial charge in [-0.2, -0.15) is 0 Å². The van der Waals surface area contributed by atoms with Gasteiger partial charge in [0.1, 0.15) is 5.82 Å². The Bertz CT molecular complexity index is 765. The molecule has 0 amide bonds. The molecule has 1 N–H and O–H groups in total. The number of para-hydroxylation sites is 1. The third kappa shape index (κ3) is 5.34. The Morgan fingerprint density at radius 1 is 1.37 bits per heavy atom. The van der Waals surface area contributed by atoms with Crippen molar-refractivity contribution < 1.29 is 12.8 Å². The second-order valence-electron chi connectivity index (χ2n) is 7.46. The van der Waals surface area contributed by atoms with Crippen molar-refractivity contribution >= 4 is 21.5 Å². The summed E-state index contributed by atoms with van der Waals surface area (Å²) in [5.41, 5.74) is 0.580. The molecule has 0 unspecified atom stereocenters. The SMILES string of the molecule is CCNC(=NCCCN(C)c1ccccc1F)N1CCS(=O)(=O)C(C)(C)C1. The first kappa shape index (κ1) is 21.5. The summed E-state index contributed by atoms with van der Waals surface area (Å²) in [5, 5.41) is 3.25. The molecule has 8 heteroatoms. The number of benzene rings is 1. The van der Waals surface area contributed by atoms with Crippen molar-refractivity contribution in [3.63, 3.8) is 0 Å². The number of anilines is 1. The van der Waals surface area contributed by atoms with E-state index in [1.54, 1.807) is 26.0 Å². The lowest BCUT2D eigenvalue weighted by atomic mass is 10.2. The zero-order valence-corrected chi connectivity index (χ0v) is 17.5. The largest absolute Gasteiger partial charge is 0.372 e. The lowest BCUT2D eigenvalue weighted by molar-refractivity contribution is 0.353. The zero-order chi connectivity index (χ0) is 20.1. The van der Waals surface area contributed by atoms with E-state index in [1.807, 2.05) is 29.8 Å². The fraction of sp³-hybridized carbons (Fsp3) is 0.632. The fourth-order valence-corrected chi connectivity index (χ4v) is 4.49. The molecular weight excluding hydrogens is 367 g/mol. The Labute approximate surface area is 162 Å². The van der Waals surface area contributed by atoms with Crippen LogP contribution in [0.5, 0.6) is 0 Å². The maximum Gasteiger partial charge on any atom is 0.193 e. The van der Waals surface area contributed by atoms with Gasteiger partial charge in [-0.25, -0.2) is 12.8 Å². The average molecular weight is 399 g/mol. The average Bonchev–Trinajstić information content (AvgIpc) is 2.60. The number of hydrogen-bond acceptors (Lipinski definition) is 4. The monoisotopic (exact) mass is 398 g/mol. The second kappa shape index (κ2) is 8.91. The van der Waals surface area contributed by atoms with E-state index in [-0.39, 0.29) is 11.6 Å². The van der Waals surface area contributed by atoms with Gasteiger partial charge in [0.25, 0.3) is 0 Å². The van der Waals surface area contributed by atoms with Crippen LogP contribution >= 0.6 is 0 Å². The molecule has 1 saturated heterocycles. The highest BCUT2D eigenvalue weighted by Crippen LogP contribution is 2.23. The number of hydrogen-bond donors (Lipinski definition) is 1. The normalized spacial score (nSPS) is 19.0. The van der Waals surface area contributed by atoms with Gasteiger partial charge >= 0.3 is 0 Å². The van der Waals surface area contributed by atoms with E-state index in [9.17, 15) is 12.8 Å². The molecule has 0 radical (unpaired) electrons. The number of aliphatic imine (C=N–C) groups is 1. The zero-order valence-electron chi connectivity index (χ0n) is 16.7. The van der Waals surface area contributed by atoms with E-state index in [4.69, 9.17) is 0 Å². The van der Waals surface area contributed by atoms with E-state index in [0.29, 0.717) is 31.9 Å². The molecule has 152 valence electrons. The molecule has 0 aromatic heterocycles. The summed E-state index contributed by atoms with van der Waals surface area (Å²) in [6.45, 7) is 8.39.